The molecule has 0 saturated heterocycles. The van der Waals surface area contributed by atoms with Crippen molar-refractivity contribution in [1.29, 1.82) is 0 Å². The minimum absolute atomic E-state index is 0.122. The first kappa shape index (κ1) is 15.1. The Labute approximate surface area is 107 Å². The van der Waals surface area contributed by atoms with E-state index < -0.39 is 9.84 Å². The Bertz CT molecular complexity index is 477. The summed E-state index contributed by atoms with van der Waals surface area (Å²) in [6, 6.07) is 6.38. The largest absolute Gasteiger partial charge is 0.271 e. The molecule has 1 atom stereocenters. The van der Waals surface area contributed by atoms with Gasteiger partial charge in [0.1, 0.15) is 15.7 Å². The number of hydrogen-bond acceptors (Lipinski definition) is 4. The van der Waals surface area contributed by atoms with Crippen LogP contribution in [0.1, 0.15) is 18.4 Å². The van der Waals surface area contributed by atoms with Crippen LogP contribution in [0.5, 0.6) is 0 Å². The van der Waals surface area contributed by atoms with Gasteiger partial charge in [0.2, 0.25) is 0 Å². The van der Waals surface area contributed by atoms with Gasteiger partial charge in [-0.2, -0.15) is 0 Å². The summed E-state index contributed by atoms with van der Waals surface area (Å²) in [7, 11) is -2.95. The van der Waals surface area contributed by atoms with E-state index in [2.05, 4.69) is 5.43 Å². The normalized spacial score (nSPS) is 13.5. The number of sulfone groups is 1. The number of nitrogens with one attached hydrogen (secondary N) is 1. The molecular formula is C12H19FN2O2S. The quantitative estimate of drug-likeness (QED) is 0.575. The van der Waals surface area contributed by atoms with E-state index in [4.69, 9.17) is 5.84 Å². The smallest absolute Gasteiger partial charge is 0.147 e. The van der Waals surface area contributed by atoms with Crippen molar-refractivity contribution in [3.63, 3.8) is 0 Å². The molecule has 3 N–H and O–H groups in total. The maximum absolute atomic E-state index is 13.4. The van der Waals surface area contributed by atoms with Gasteiger partial charge >= 0.3 is 0 Å². The predicted octanol–water partition coefficient (Wildman–Crippen LogP) is 1.02. The van der Waals surface area contributed by atoms with Crippen LogP contribution < -0.4 is 11.3 Å². The number of benzene rings is 1. The van der Waals surface area contributed by atoms with E-state index in [9.17, 15) is 12.8 Å². The highest BCUT2D eigenvalue weighted by atomic mass is 32.2. The lowest BCUT2D eigenvalue weighted by atomic mass is 10.0. The lowest BCUT2D eigenvalue weighted by molar-refractivity contribution is 0.474. The standard InChI is InChI=1S/C12H19FN2O2S/c1-18(16,17)8-4-6-11(15-14)9-10-5-2-3-7-12(10)13/h2-3,5,7,11,15H,4,6,8-9,14H2,1H3. The van der Waals surface area contributed by atoms with Gasteiger partial charge in [0.15, 0.2) is 0 Å². The van der Waals surface area contributed by atoms with Gasteiger partial charge < -0.3 is 0 Å². The Balaban J connectivity index is 2.50. The van der Waals surface area contributed by atoms with E-state index in [0.29, 0.717) is 24.8 Å². The molecule has 0 heterocycles. The summed E-state index contributed by atoms with van der Waals surface area (Å²) in [6.45, 7) is 0. The average Bonchev–Trinajstić information content (AvgIpc) is 2.29. The van der Waals surface area contributed by atoms with Crippen LogP contribution in [0.2, 0.25) is 0 Å². The molecule has 0 fully saturated rings. The highest BCUT2D eigenvalue weighted by molar-refractivity contribution is 7.90. The number of halogens is 1. The average molecular weight is 274 g/mol. The maximum Gasteiger partial charge on any atom is 0.147 e. The van der Waals surface area contributed by atoms with Crippen molar-refractivity contribution in [2.75, 3.05) is 12.0 Å². The zero-order chi connectivity index (χ0) is 13.6. The van der Waals surface area contributed by atoms with Crippen LogP contribution in [0.15, 0.2) is 24.3 Å². The van der Waals surface area contributed by atoms with Crippen LogP contribution >= 0.6 is 0 Å². The summed E-state index contributed by atoms with van der Waals surface area (Å²) < 4.78 is 35.4. The monoisotopic (exact) mass is 274 g/mol. The van der Waals surface area contributed by atoms with E-state index in [1.807, 2.05) is 0 Å². The van der Waals surface area contributed by atoms with Crippen LogP contribution in [0.3, 0.4) is 0 Å². The van der Waals surface area contributed by atoms with Crippen molar-refractivity contribution in [3.05, 3.63) is 35.6 Å². The molecule has 0 radical (unpaired) electrons. The van der Waals surface area contributed by atoms with E-state index in [1.165, 1.54) is 12.3 Å². The van der Waals surface area contributed by atoms with Gasteiger partial charge in [0.25, 0.3) is 0 Å². The Morgan fingerprint density at radius 1 is 1.39 bits per heavy atom. The molecule has 1 aromatic rings. The lowest BCUT2D eigenvalue weighted by Crippen LogP contribution is -2.37. The Morgan fingerprint density at radius 2 is 2.06 bits per heavy atom. The Kier molecular flexibility index (Phi) is 5.71. The van der Waals surface area contributed by atoms with Crippen molar-refractivity contribution in [2.24, 2.45) is 5.84 Å². The van der Waals surface area contributed by atoms with Crippen LogP contribution in [-0.2, 0) is 16.3 Å². The molecule has 0 saturated carbocycles. The SMILES string of the molecule is CS(=O)(=O)CCCC(Cc1ccccc1F)NN. The van der Waals surface area contributed by atoms with Crippen molar-refractivity contribution < 1.29 is 12.8 Å². The predicted molar refractivity (Wildman–Crippen MR) is 70.2 cm³/mol. The lowest BCUT2D eigenvalue weighted by Gasteiger charge is -2.15. The van der Waals surface area contributed by atoms with Gasteiger partial charge in [-0.25, -0.2) is 12.8 Å². The fourth-order valence-electron chi connectivity index (χ4n) is 1.77. The molecule has 1 unspecified atom stereocenters. The van der Waals surface area contributed by atoms with Gasteiger partial charge in [0.05, 0.1) is 0 Å². The molecule has 0 bridgehead atoms. The topological polar surface area (TPSA) is 72.2 Å². The van der Waals surface area contributed by atoms with Gasteiger partial charge in [-0.05, 0) is 30.9 Å². The third kappa shape index (κ3) is 5.57. The summed E-state index contributed by atoms with van der Waals surface area (Å²) in [4.78, 5) is 0. The van der Waals surface area contributed by atoms with Gasteiger partial charge in [-0.3, -0.25) is 11.3 Å². The number of rotatable bonds is 7. The van der Waals surface area contributed by atoms with Crippen molar-refractivity contribution in [3.8, 4) is 0 Å². The molecule has 0 aliphatic heterocycles. The molecule has 102 valence electrons. The maximum atomic E-state index is 13.4. The first-order valence-electron chi connectivity index (χ1n) is 5.79. The van der Waals surface area contributed by atoms with E-state index in [0.717, 1.165) is 0 Å². The molecule has 18 heavy (non-hydrogen) atoms. The summed E-state index contributed by atoms with van der Waals surface area (Å²) in [5.74, 6) is 5.26. The van der Waals surface area contributed by atoms with Crippen molar-refractivity contribution >= 4 is 9.84 Å². The molecule has 1 rings (SSSR count). The highest BCUT2D eigenvalue weighted by Gasteiger charge is 2.12. The summed E-state index contributed by atoms with van der Waals surface area (Å²) in [5, 5.41) is 0. The first-order chi connectivity index (χ1) is 8.42. The Hall–Kier alpha value is -0.980. The molecule has 4 nitrogen and oxygen atoms in total. The number of hydrazine groups is 1. The third-order valence-electron chi connectivity index (χ3n) is 2.73. The van der Waals surface area contributed by atoms with Crippen LogP contribution in [0.25, 0.3) is 0 Å². The minimum Gasteiger partial charge on any atom is -0.271 e. The second kappa shape index (κ2) is 6.82. The Morgan fingerprint density at radius 3 is 2.61 bits per heavy atom. The van der Waals surface area contributed by atoms with Gasteiger partial charge in [-0.15, -0.1) is 0 Å². The van der Waals surface area contributed by atoms with E-state index >= 15 is 0 Å². The molecule has 1 aromatic carbocycles. The van der Waals surface area contributed by atoms with Crippen LogP contribution in [0.4, 0.5) is 4.39 Å². The second-order valence-electron chi connectivity index (χ2n) is 4.43. The molecule has 0 aliphatic carbocycles. The summed E-state index contributed by atoms with van der Waals surface area (Å²) >= 11 is 0. The van der Waals surface area contributed by atoms with E-state index in [1.54, 1.807) is 18.2 Å². The zero-order valence-corrected chi connectivity index (χ0v) is 11.2. The van der Waals surface area contributed by atoms with Crippen molar-refractivity contribution in [2.45, 2.75) is 25.3 Å². The van der Waals surface area contributed by atoms with Gasteiger partial charge in [0, 0.05) is 18.1 Å². The molecule has 0 amide bonds. The minimum atomic E-state index is -2.95. The van der Waals surface area contributed by atoms with Crippen LogP contribution in [0, 0.1) is 5.82 Å². The fraction of sp³-hybridized carbons (Fsp3) is 0.500. The first-order valence-corrected chi connectivity index (χ1v) is 7.85. The second-order valence-corrected chi connectivity index (χ2v) is 6.69. The number of hydrogen-bond donors (Lipinski definition) is 2. The third-order valence-corrected chi connectivity index (χ3v) is 3.76. The van der Waals surface area contributed by atoms with E-state index in [-0.39, 0.29) is 17.6 Å². The molecule has 6 heteroatoms. The highest BCUT2D eigenvalue weighted by Crippen LogP contribution is 2.11. The number of nitrogens with two attached hydrogens (primary N) is 1. The zero-order valence-electron chi connectivity index (χ0n) is 10.4. The van der Waals surface area contributed by atoms with Gasteiger partial charge in [-0.1, -0.05) is 18.2 Å². The molecule has 0 spiro atoms. The van der Waals surface area contributed by atoms with Crippen LogP contribution in [-0.4, -0.2) is 26.5 Å². The van der Waals surface area contributed by atoms with Crippen molar-refractivity contribution in [1.82, 2.24) is 5.43 Å². The summed E-state index contributed by atoms with van der Waals surface area (Å²) in [6.07, 6.45) is 2.77. The molecule has 0 aromatic heterocycles. The summed E-state index contributed by atoms with van der Waals surface area (Å²) in [5.41, 5.74) is 3.19. The molecular weight excluding hydrogens is 255 g/mol. The molecule has 0 aliphatic rings. The fourth-order valence-corrected chi connectivity index (χ4v) is 2.46.